The summed E-state index contributed by atoms with van der Waals surface area (Å²) >= 11 is 0. The van der Waals surface area contributed by atoms with Gasteiger partial charge in [-0.15, -0.1) is 0 Å². The van der Waals surface area contributed by atoms with Gasteiger partial charge < -0.3 is 23.7 Å². The summed E-state index contributed by atoms with van der Waals surface area (Å²) in [5, 5.41) is 10.2. The highest BCUT2D eigenvalue weighted by Crippen LogP contribution is 2.39. The summed E-state index contributed by atoms with van der Waals surface area (Å²) in [6.07, 6.45) is -0.140. The molecule has 1 N–H and O–H groups in total. The van der Waals surface area contributed by atoms with E-state index in [1.165, 1.54) is 27.4 Å². The van der Waals surface area contributed by atoms with Crippen molar-refractivity contribution in [3.8, 4) is 17.2 Å². The highest BCUT2D eigenvalue weighted by Gasteiger charge is 2.28. The van der Waals surface area contributed by atoms with Gasteiger partial charge in [-0.25, -0.2) is 0 Å². The Bertz CT molecular complexity index is 823. The largest absolute Gasteiger partial charge is 0.502 e. The SMILES string of the molecule is COC(=O)C[C@@H](c1ccc(OC)cc1OC)c1oc(C)cc(=O)c1O. The Morgan fingerprint density at radius 1 is 1.20 bits per heavy atom. The van der Waals surface area contributed by atoms with Gasteiger partial charge in [0.15, 0.2) is 5.76 Å². The van der Waals surface area contributed by atoms with E-state index in [4.69, 9.17) is 18.6 Å². The van der Waals surface area contributed by atoms with Gasteiger partial charge in [0.25, 0.3) is 0 Å². The maximum atomic E-state index is 11.9. The van der Waals surface area contributed by atoms with Crippen LogP contribution >= 0.6 is 0 Å². The van der Waals surface area contributed by atoms with Crippen LogP contribution in [0.1, 0.15) is 29.4 Å². The van der Waals surface area contributed by atoms with Gasteiger partial charge >= 0.3 is 5.97 Å². The van der Waals surface area contributed by atoms with E-state index in [9.17, 15) is 14.7 Å². The lowest BCUT2D eigenvalue weighted by atomic mass is 9.91. The summed E-state index contributed by atoms with van der Waals surface area (Å²) in [6.45, 7) is 1.59. The number of ether oxygens (including phenoxy) is 3. The Morgan fingerprint density at radius 3 is 2.52 bits per heavy atom. The van der Waals surface area contributed by atoms with Crippen LogP contribution in [0.15, 0.2) is 33.5 Å². The number of hydrogen-bond donors (Lipinski definition) is 1. The maximum absolute atomic E-state index is 11.9. The van der Waals surface area contributed by atoms with E-state index in [-0.39, 0.29) is 12.2 Å². The summed E-state index contributed by atoms with van der Waals surface area (Å²) in [6, 6.07) is 6.20. The van der Waals surface area contributed by atoms with Crippen LogP contribution < -0.4 is 14.9 Å². The molecule has 0 fully saturated rings. The fourth-order valence-electron chi connectivity index (χ4n) is 2.56. The van der Waals surface area contributed by atoms with Crippen LogP contribution in [0.25, 0.3) is 0 Å². The summed E-state index contributed by atoms with van der Waals surface area (Å²) in [5.74, 6) is -0.534. The zero-order valence-corrected chi connectivity index (χ0v) is 14.5. The number of carbonyl (C=O) groups is 1. The van der Waals surface area contributed by atoms with E-state index >= 15 is 0 Å². The molecule has 7 heteroatoms. The number of aryl methyl sites for hydroxylation is 1. The van der Waals surface area contributed by atoms with Crippen molar-refractivity contribution in [2.45, 2.75) is 19.3 Å². The standard InChI is InChI=1S/C18H20O7/c1-10-7-14(19)17(21)18(25-10)13(9-16(20)24-4)12-6-5-11(22-2)8-15(12)23-3/h5-8,13,21H,9H2,1-4H3/t13-/m0/s1. The van der Waals surface area contributed by atoms with Gasteiger partial charge in [-0.3, -0.25) is 9.59 Å². The Kier molecular flexibility index (Phi) is 5.69. The molecule has 0 saturated heterocycles. The number of methoxy groups -OCH3 is 3. The average Bonchev–Trinajstić information content (AvgIpc) is 2.62. The van der Waals surface area contributed by atoms with E-state index in [2.05, 4.69) is 0 Å². The molecule has 0 spiro atoms. The minimum atomic E-state index is -0.763. The van der Waals surface area contributed by atoms with E-state index < -0.39 is 23.1 Å². The fourth-order valence-corrected chi connectivity index (χ4v) is 2.56. The van der Waals surface area contributed by atoms with Gasteiger partial charge in [0.1, 0.15) is 17.3 Å². The lowest BCUT2D eigenvalue weighted by Crippen LogP contribution is -2.14. The topological polar surface area (TPSA) is 95.2 Å². The number of esters is 1. The van der Waals surface area contributed by atoms with Gasteiger partial charge in [-0.1, -0.05) is 6.07 Å². The van der Waals surface area contributed by atoms with Crippen LogP contribution in [0.2, 0.25) is 0 Å². The predicted octanol–water partition coefficient (Wildman–Crippen LogP) is 2.37. The Balaban J connectivity index is 2.66. The van der Waals surface area contributed by atoms with Crippen LogP contribution in [0.3, 0.4) is 0 Å². The second-order valence-corrected chi connectivity index (χ2v) is 5.37. The molecule has 1 aromatic carbocycles. The molecule has 0 bridgehead atoms. The molecular formula is C18H20O7. The zero-order valence-electron chi connectivity index (χ0n) is 14.5. The first kappa shape index (κ1) is 18.4. The molecule has 0 unspecified atom stereocenters. The van der Waals surface area contributed by atoms with E-state index in [1.54, 1.807) is 25.1 Å². The molecule has 134 valence electrons. The molecule has 0 aliphatic rings. The lowest BCUT2D eigenvalue weighted by molar-refractivity contribution is -0.140. The van der Waals surface area contributed by atoms with Gasteiger partial charge in [0.05, 0.1) is 33.7 Å². The molecule has 1 aromatic heterocycles. The molecule has 2 rings (SSSR count). The minimum Gasteiger partial charge on any atom is -0.502 e. The summed E-state index contributed by atoms with van der Waals surface area (Å²) in [4.78, 5) is 23.8. The second-order valence-electron chi connectivity index (χ2n) is 5.37. The van der Waals surface area contributed by atoms with Crippen molar-refractivity contribution in [3.05, 3.63) is 51.6 Å². The van der Waals surface area contributed by atoms with Crippen LogP contribution in [-0.2, 0) is 9.53 Å². The van der Waals surface area contributed by atoms with Gasteiger partial charge in [0.2, 0.25) is 11.2 Å². The molecule has 1 atom stereocenters. The maximum Gasteiger partial charge on any atom is 0.306 e. The molecule has 0 aliphatic carbocycles. The van der Waals surface area contributed by atoms with E-state index in [0.717, 1.165) is 0 Å². The third-order valence-corrected chi connectivity index (χ3v) is 3.80. The quantitative estimate of drug-likeness (QED) is 0.801. The molecule has 7 nitrogen and oxygen atoms in total. The number of hydrogen-bond acceptors (Lipinski definition) is 7. The molecule has 2 aromatic rings. The van der Waals surface area contributed by atoms with Crippen LogP contribution in [0.5, 0.6) is 17.2 Å². The third kappa shape index (κ3) is 3.93. The number of rotatable bonds is 6. The summed E-state index contributed by atoms with van der Waals surface area (Å²) in [7, 11) is 4.25. The third-order valence-electron chi connectivity index (χ3n) is 3.80. The van der Waals surface area contributed by atoms with Crippen molar-refractivity contribution in [3.63, 3.8) is 0 Å². The Labute approximate surface area is 144 Å². The van der Waals surface area contributed by atoms with Gasteiger partial charge in [0, 0.05) is 17.7 Å². The van der Waals surface area contributed by atoms with E-state index in [0.29, 0.717) is 22.8 Å². The lowest BCUT2D eigenvalue weighted by Gasteiger charge is -2.20. The smallest absolute Gasteiger partial charge is 0.306 e. The van der Waals surface area contributed by atoms with Crippen LogP contribution in [0, 0.1) is 6.92 Å². The number of carbonyl (C=O) groups excluding carboxylic acids is 1. The monoisotopic (exact) mass is 348 g/mol. The predicted molar refractivity (Wildman–Crippen MR) is 89.4 cm³/mol. The highest BCUT2D eigenvalue weighted by atomic mass is 16.5. The molecule has 0 aliphatic heterocycles. The van der Waals surface area contributed by atoms with Crippen molar-refractivity contribution in [2.24, 2.45) is 0 Å². The average molecular weight is 348 g/mol. The van der Waals surface area contributed by atoms with Crippen molar-refractivity contribution >= 4 is 5.97 Å². The molecule has 25 heavy (non-hydrogen) atoms. The van der Waals surface area contributed by atoms with E-state index in [1.807, 2.05) is 0 Å². The molecule has 1 heterocycles. The Morgan fingerprint density at radius 2 is 1.92 bits per heavy atom. The second kappa shape index (κ2) is 7.74. The normalized spacial score (nSPS) is 11.7. The Hall–Kier alpha value is -2.96. The number of aromatic hydroxyl groups is 1. The summed E-state index contributed by atoms with van der Waals surface area (Å²) < 4.78 is 20.8. The van der Waals surface area contributed by atoms with Crippen molar-refractivity contribution in [2.75, 3.05) is 21.3 Å². The first-order chi connectivity index (χ1) is 11.9. The molecule has 0 amide bonds. The van der Waals surface area contributed by atoms with Crippen molar-refractivity contribution in [1.82, 2.24) is 0 Å². The van der Waals surface area contributed by atoms with Crippen molar-refractivity contribution < 1.29 is 28.5 Å². The molecule has 0 radical (unpaired) electrons. The molecule has 0 saturated carbocycles. The van der Waals surface area contributed by atoms with Gasteiger partial charge in [-0.05, 0) is 13.0 Å². The molecular weight excluding hydrogens is 328 g/mol. The summed E-state index contributed by atoms with van der Waals surface area (Å²) in [5.41, 5.74) is -0.0288. The van der Waals surface area contributed by atoms with Gasteiger partial charge in [-0.2, -0.15) is 0 Å². The van der Waals surface area contributed by atoms with Crippen LogP contribution in [0.4, 0.5) is 0 Å². The first-order valence-electron chi connectivity index (χ1n) is 7.53. The first-order valence-corrected chi connectivity index (χ1v) is 7.53. The van der Waals surface area contributed by atoms with Crippen molar-refractivity contribution in [1.29, 1.82) is 0 Å². The van der Waals surface area contributed by atoms with Crippen LogP contribution in [-0.4, -0.2) is 32.4 Å². The zero-order chi connectivity index (χ0) is 18.6. The fraction of sp³-hybridized carbons (Fsp3) is 0.333. The number of benzene rings is 1. The highest BCUT2D eigenvalue weighted by molar-refractivity contribution is 5.71. The minimum absolute atomic E-state index is 0.0149.